The fourth-order valence-electron chi connectivity index (χ4n) is 3.36. The molecule has 26 heavy (non-hydrogen) atoms. The summed E-state index contributed by atoms with van der Waals surface area (Å²) in [5.41, 5.74) is 0.782. The number of likely N-dealkylation sites (N-methyl/N-ethyl adjacent to an activating group) is 1. The summed E-state index contributed by atoms with van der Waals surface area (Å²) < 4.78 is 1.76. The molecular weight excluding hydrogens is 373 g/mol. The molecule has 1 aliphatic carbocycles. The maximum atomic E-state index is 12.9. The fourth-order valence-corrected chi connectivity index (χ4v) is 3.58. The van der Waals surface area contributed by atoms with Crippen molar-refractivity contribution >= 4 is 29.9 Å². The molecular formula is C18H23Cl2N5O. The van der Waals surface area contributed by atoms with Gasteiger partial charge in [-0.3, -0.25) is 4.79 Å². The second kappa shape index (κ2) is 7.94. The molecule has 0 radical (unpaired) electrons. The number of amides is 1. The smallest absolute Gasteiger partial charge is 0.293 e. The summed E-state index contributed by atoms with van der Waals surface area (Å²) >= 11 is 6.34. The number of piperidine rings is 1. The molecule has 4 rings (SSSR count). The molecule has 1 aromatic heterocycles. The number of rotatable bonds is 4. The molecule has 140 valence electrons. The summed E-state index contributed by atoms with van der Waals surface area (Å²) in [7, 11) is 1.94. The third-order valence-electron chi connectivity index (χ3n) is 4.96. The highest BCUT2D eigenvalue weighted by molar-refractivity contribution is 6.32. The number of hydrogen-bond donors (Lipinski definition) is 1. The van der Waals surface area contributed by atoms with Gasteiger partial charge in [0.1, 0.15) is 5.82 Å². The van der Waals surface area contributed by atoms with Crippen molar-refractivity contribution in [2.75, 3.05) is 20.1 Å². The number of nitrogens with zero attached hydrogens (tertiary/aromatic N) is 4. The number of para-hydroxylation sites is 1. The molecule has 1 saturated heterocycles. The average molecular weight is 396 g/mol. The number of likely N-dealkylation sites (tertiary alicyclic amines) is 1. The lowest BCUT2D eigenvalue weighted by atomic mass is 10.1. The molecule has 6 nitrogen and oxygen atoms in total. The minimum Gasteiger partial charge on any atom is -0.334 e. The highest BCUT2D eigenvalue weighted by Gasteiger charge is 2.33. The Labute approximate surface area is 164 Å². The van der Waals surface area contributed by atoms with Crippen molar-refractivity contribution < 1.29 is 4.79 Å². The van der Waals surface area contributed by atoms with Crippen molar-refractivity contribution in [3.05, 3.63) is 40.9 Å². The van der Waals surface area contributed by atoms with Crippen molar-refractivity contribution in [2.24, 2.45) is 0 Å². The zero-order chi connectivity index (χ0) is 17.4. The van der Waals surface area contributed by atoms with Gasteiger partial charge in [-0.15, -0.1) is 17.5 Å². The van der Waals surface area contributed by atoms with E-state index in [-0.39, 0.29) is 24.1 Å². The normalized spacial score (nSPS) is 19.9. The van der Waals surface area contributed by atoms with E-state index in [1.54, 1.807) is 4.68 Å². The number of aromatic nitrogens is 3. The zero-order valence-corrected chi connectivity index (χ0v) is 16.3. The van der Waals surface area contributed by atoms with Gasteiger partial charge in [0.05, 0.1) is 10.7 Å². The third kappa shape index (κ3) is 3.72. The largest absolute Gasteiger partial charge is 0.334 e. The van der Waals surface area contributed by atoms with Gasteiger partial charge in [-0.2, -0.15) is 0 Å². The fraction of sp³-hybridized carbons (Fsp3) is 0.500. The molecule has 2 aliphatic rings. The Hall–Kier alpha value is -1.63. The lowest BCUT2D eigenvalue weighted by molar-refractivity contribution is 0.0686. The number of hydrogen-bond acceptors (Lipinski definition) is 4. The summed E-state index contributed by atoms with van der Waals surface area (Å²) in [4.78, 5) is 19.4. The van der Waals surface area contributed by atoms with E-state index in [4.69, 9.17) is 11.6 Å². The van der Waals surface area contributed by atoms with Crippen LogP contribution in [0.4, 0.5) is 0 Å². The molecule has 2 fully saturated rings. The van der Waals surface area contributed by atoms with Gasteiger partial charge in [-0.05, 0) is 44.9 Å². The Morgan fingerprint density at radius 1 is 1.27 bits per heavy atom. The minimum absolute atomic E-state index is 0. The Kier molecular flexibility index (Phi) is 5.85. The van der Waals surface area contributed by atoms with Crippen LogP contribution in [0.15, 0.2) is 24.3 Å². The first-order chi connectivity index (χ1) is 12.2. The van der Waals surface area contributed by atoms with E-state index < -0.39 is 0 Å². The van der Waals surface area contributed by atoms with Crippen molar-refractivity contribution in [2.45, 2.75) is 37.6 Å². The van der Waals surface area contributed by atoms with E-state index in [2.05, 4.69) is 15.4 Å². The van der Waals surface area contributed by atoms with Crippen LogP contribution in [0, 0.1) is 0 Å². The molecule has 1 amide bonds. The Bertz CT molecular complexity index is 790. The van der Waals surface area contributed by atoms with E-state index in [9.17, 15) is 4.79 Å². The van der Waals surface area contributed by atoms with Gasteiger partial charge < -0.3 is 10.2 Å². The number of carbonyl (C=O) groups is 1. The molecule has 1 aromatic carbocycles. The summed E-state index contributed by atoms with van der Waals surface area (Å²) in [5.74, 6) is 1.40. The summed E-state index contributed by atoms with van der Waals surface area (Å²) in [6, 6.07) is 7.89. The first-order valence-electron chi connectivity index (χ1n) is 8.85. The maximum absolute atomic E-state index is 12.9. The van der Waals surface area contributed by atoms with Crippen molar-refractivity contribution in [3.63, 3.8) is 0 Å². The molecule has 1 aliphatic heterocycles. The van der Waals surface area contributed by atoms with E-state index in [1.807, 2.05) is 36.2 Å². The molecule has 8 heteroatoms. The molecule has 2 heterocycles. The van der Waals surface area contributed by atoms with Crippen molar-refractivity contribution in [3.8, 4) is 5.69 Å². The SMILES string of the molecule is CNC1CCCN(C(=O)c2nc(C3CC3)n(-c3ccccc3Cl)n2)C1.Cl. The van der Waals surface area contributed by atoms with Gasteiger partial charge in [-0.1, -0.05) is 23.7 Å². The standard InChI is InChI=1S/C18H22ClN5O.ClH/c1-20-13-5-4-10-23(11-13)18(25)16-21-17(12-8-9-12)24(22-16)15-7-3-2-6-14(15)19;/h2-3,6-7,12-13,20H,4-5,8-11H2,1H3;1H. The predicted molar refractivity (Wildman–Crippen MR) is 104 cm³/mol. The van der Waals surface area contributed by atoms with E-state index in [0.29, 0.717) is 23.5 Å². The maximum Gasteiger partial charge on any atom is 0.293 e. The van der Waals surface area contributed by atoms with Crippen LogP contribution in [0.3, 0.4) is 0 Å². The van der Waals surface area contributed by atoms with E-state index in [0.717, 1.165) is 43.7 Å². The van der Waals surface area contributed by atoms with Gasteiger partial charge in [0.15, 0.2) is 0 Å². The first-order valence-corrected chi connectivity index (χ1v) is 9.23. The highest BCUT2D eigenvalue weighted by Crippen LogP contribution is 2.40. The molecule has 1 N–H and O–H groups in total. The molecule has 2 aromatic rings. The molecule has 1 saturated carbocycles. The minimum atomic E-state index is -0.0901. The third-order valence-corrected chi connectivity index (χ3v) is 5.28. The zero-order valence-electron chi connectivity index (χ0n) is 14.7. The van der Waals surface area contributed by atoms with Crippen LogP contribution < -0.4 is 5.32 Å². The number of benzene rings is 1. The van der Waals surface area contributed by atoms with Crippen LogP contribution in [0.5, 0.6) is 0 Å². The molecule has 1 unspecified atom stereocenters. The second-order valence-corrected chi connectivity index (χ2v) is 7.22. The average Bonchev–Trinajstić information content (AvgIpc) is 3.40. The van der Waals surface area contributed by atoms with E-state index >= 15 is 0 Å². The Morgan fingerprint density at radius 3 is 2.73 bits per heavy atom. The van der Waals surface area contributed by atoms with Crippen LogP contribution in [-0.2, 0) is 0 Å². The van der Waals surface area contributed by atoms with Crippen molar-refractivity contribution in [1.29, 1.82) is 0 Å². The highest BCUT2D eigenvalue weighted by atomic mass is 35.5. The van der Waals surface area contributed by atoms with Crippen LogP contribution in [-0.4, -0.2) is 51.8 Å². The van der Waals surface area contributed by atoms with Crippen LogP contribution >= 0.6 is 24.0 Å². The summed E-state index contributed by atoms with van der Waals surface area (Å²) in [5, 5.41) is 8.41. The van der Waals surface area contributed by atoms with Crippen LogP contribution in [0.25, 0.3) is 5.69 Å². The topological polar surface area (TPSA) is 63.1 Å². The van der Waals surface area contributed by atoms with Crippen LogP contribution in [0.2, 0.25) is 5.02 Å². The van der Waals surface area contributed by atoms with Crippen molar-refractivity contribution in [1.82, 2.24) is 25.0 Å². The quantitative estimate of drug-likeness (QED) is 0.863. The first kappa shape index (κ1) is 19.1. The lowest BCUT2D eigenvalue weighted by Crippen LogP contribution is -2.47. The molecule has 1 atom stereocenters. The monoisotopic (exact) mass is 395 g/mol. The molecule has 0 bridgehead atoms. The Morgan fingerprint density at radius 2 is 2.04 bits per heavy atom. The summed E-state index contributed by atoms with van der Waals surface area (Å²) in [6.07, 6.45) is 4.26. The van der Waals surface area contributed by atoms with Gasteiger partial charge in [0.25, 0.3) is 5.91 Å². The van der Waals surface area contributed by atoms with Gasteiger partial charge in [-0.25, -0.2) is 9.67 Å². The van der Waals surface area contributed by atoms with Gasteiger partial charge in [0.2, 0.25) is 5.82 Å². The van der Waals surface area contributed by atoms with Gasteiger partial charge in [0, 0.05) is 25.0 Å². The molecule has 0 spiro atoms. The second-order valence-electron chi connectivity index (χ2n) is 6.81. The van der Waals surface area contributed by atoms with Crippen LogP contribution in [0.1, 0.15) is 48.0 Å². The number of carbonyl (C=O) groups excluding carboxylic acids is 1. The lowest BCUT2D eigenvalue weighted by Gasteiger charge is -2.31. The van der Waals surface area contributed by atoms with Gasteiger partial charge >= 0.3 is 0 Å². The summed E-state index contributed by atoms with van der Waals surface area (Å²) in [6.45, 7) is 1.46. The van der Waals surface area contributed by atoms with E-state index in [1.165, 1.54) is 0 Å². The predicted octanol–water partition coefficient (Wildman–Crippen LogP) is 3.04. The number of nitrogens with one attached hydrogen (secondary N) is 1. The number of halogens is 2. The Balaban J connectivity index is 0.00000196.